The van der Waals surface area contributed by atoms with E-state index in [0.717, 1.165) is 5.56 Å². The third kappa shape index (κ3) is 6.21. The number of rotatable bonds is 10. The van der Waals surface area contributed by atoms with Crippen molar-refractivity contribution in [1.29, 1.82) is 0 Å². The first-order valence-corrected chi connectivity index (χ1v) is 14.3. The maximum atomic E-state index is 13.8. The molecule has 1 amide bonds. The molecule has 6 atom stereocenters. The van der Waals surface area contributed by atoms with Gasteiger partial charge in [0.2, 0.25) is 0 Å². The van der Waals surface area contributed by atoms with Crippen molar-refractivity contribution < 1.29 is 38.0 Å². The highest BCUT2D eigenvalue weighted by atomic mass is 16.7. The van der Waals surface area contributed by atoms with Gasteiger partial charge in [-0.1, -0.05) is 56.7 Å². The van der Waals surface area contributed by atoms with Crippen molar-refractivity contribution in [2.24, 2.45) is 5.92 Å². The Hall–Kier alpha value is -3.57. The van der Waals surface area contributed by atoms with Crippen LogP contribution in [0.15, 0.2) is 48.5 Å². The van der Waals surface area contributed by atoms with E-state index in [9.17, 15) is 24.3 Å². The molecule has 0 aliphatic carbocycles. The largest absolute Gasteiger partial charge is 0.604 e. The number of quaternary nitrogens is 1. The lowest BCUT2D eigenvalue weighted by Gasteiger charge is -2.64. The molecular weight excluding hydrogens is 525 g/mol. The molecule has 2 unspecified atom stereocenters. The summed E-state index contributed by atoms with van der Waals surface area (Å²) in [6.07, 6.45) is -0.566. The van der Waals surface area contributed by atoms with E-state index >= 15 is 0 Å². The molecule has 2 aromatic rings. The molecule has 2 saturated heterocycles. The van der Waals surface area contributed by atoms with Crippen LogP contribution in [0.3, 0.4) is 0 Å². The van der Waals surface area contributed by atoms with Crippen LogP contribution in [0, 0.1) is 5.92 Å². The quantitative estimate of drug-likeness (QED) is 0.420. The Morgan fingerprint density at radius 3 is 2.41 bits per heavy atom. The van der Waals surface area contributed by atoms with Crippen LogP contribution in [0.25, 0.3) is 11.3 Å². The van der Waals surface area contributed by atoms with E-state index in [1.807, 2.05) is 58.2 Å². The second-order valence-electron chi connectivity index (χ2n) is 12.1. The number of nitrogens with one attached hydrogen (secondary N) is 1. The number of ketones is 1. The first-order valence-electron chi connectivity index (χ1n) is 14.3. The standard InChI is InChI=1S/C30H40BN3O7/c1-19(2)16-23(31-34(5,15-14-27(37)40-31)20(3)17-28(38)41-31)18-26(36)29(21(4)35)33-30(39)25-13-9-12-24(32-25)22-10-7-6-8-11-22/h6-13,19-21,23,29,35H,14-18H2,1-5H3,(H,33,39)/t20-,21-,23-,29+,31?,34?/m1/s1. The normalized spacial score (nSPS) is 26.3. The Morgan fingerprint density at radius 2 is 1.76 bits per heavy atom. The first-order chi connectivity index (χ1) is 19.4. The molecule has 0 radical (unpaired) electrons. The molecule has 2 aliphatic heterocycles. The lowest BCUT2D eigenvalue weighted by atomic mass is 9.48. The van der Waals surface area contributed by atoms with Gasteiger partial charge in [-0.15, -0.1) is 0 Å². The molecule has 4 rings (SSSR count). The Labute approximate surface area is 241 Å². The summed E-state index contributed by atoms with van der Waals surface area (Å²) < 4.78 is 12.2. The summed E-state index contributed by atoms with van der Waals surface area (Å²) in [4.78, 5) is 56.9. The van der Waals surface area contributed by atoms with E-state index in [0.29, 0.717) is 18.7 Å². The van der Waals surface area contributed by atoms with Gasteiger partial charge >= 0.3 is 6.69 Å². The van der Waals surface area contributed by atoms with Crippen LogP contribution in [0.1, 0.15) is 63.9 Å². The van der Waals surface area contributed by atoms with E-state index in [1.165, 1.54) is 6.92 Å². The fourth-order valence-corrected chi connectivity index (χ4v) is 6.37. The average Bonchev–Trinajstić information content (AvgIpc) is 2.92. The molecule has 3 heterocycles. The number of fused-ring (bicyclic) bond motifs is 1. The number of hydrogen-bond donors (Lipinski definition) is 2. The van der Waals surface area contributed by atoms with Gasteiger partial charge < -0.3 is 24.1 Å². The minimum atomic E-state index is -2.58. The summed E-state index contributed by atoms with van der Waals surface area (Å²) in [7, 11) is 1.92. The summed E-state index contributed by atoms with van der Waals surface area (Å²) in [5.74, 6) is -2.53. The van der Waals surface area contributed by atoms with Crippen LogP contribution in [0.4, 0.5) is 0 Å². The summed E-state index contributed by atoms with van der Waals surface area (Å²) in [5.41, 5.74) is 1.54. The Bertz CT molecular complexity index is 1300. The third-order valence-electron chi connectivity index (χ3n) is 8.69. The molecule has 0 spiro atoms. The number of carbonyl (C=O) groups excluding carboxylic acids is 4. The number of pyridine rings is 1. The number of benzene rings is 1. The van der Waals surface area contributed by atoms with Gasteiger partial charge in [-0.25, -0.2) is 4.98 Å². The summed E-state index contributed by atoms with van der Waals surface area (Å²) in [6.45, 7) is 5.16. The van der Waals surface area contributed by atoms with Gasteiger partial charge in [0, 0.05) is 12.6 Å². The molecule has 2 N–H and O–H groups in total. The van der Waals surface area contributed by atoms with Gasteiger partial charge in [-0.3, -0.25) is 19.2 Å². The maximum absolute atomic E-state index is 13.8. The second-order valence-corrected chi connectivity index (χ2v) is 12.1. The highest BCUT2D eigenvalue weighted by Gasteiger charge is 2.65. The molecule has 220 valence electrons. The van der Waals surface area contributed by atoms with Crippen LogP contribution in [0.5, 0.6) is 0 Å². The smallest absolute Gasteiger partial charge is 0.586 e. The van der Waals surface area contributed by atoms with Crippen LogP contribution < -0.4 is 5.32 Å². The molecule has 0 bridgehead atoms. The molecule has 41 heavy (non-hydrogen) atoms. The number of aromatic nitrogens is 1. The number of nitrogens with zero attached hydrogens (tertiary/aromatic N) is 2. The van der Waals surface area contributed by atoms with Crippen molar-refractivity contribution in [3.63, 3.8) is 0 Å². The minimum absolute atomic E-state index is 0.0820. The fourth-order valence-electron chi connectivity index (χ4n) is 6.37. The Kier molecular flexibility index (Phi) is 8.99. The molecule has 2 aliphatic rings. The molecule has 11 heteroatoms. The van der Waals surface area contributed by atoms with E-state index in [2.05, 4.69) is 10.3 Å². The Balaban J connectivity index is 1.61. The Morgan fingerprint density at radius 1 is 1.07 bits per heavy atom. The van der Waals surface area contributed by atoms with Crippen LogP contribution in [-0.2, 0) is 23.7 Å². The lowest BCUT2D eigenvalue weighted by Crippen LogP contribution is -2.80. The highest BCUT2D eigenvalue weighted by molar-refractivity contribution is 6.66. The van der Waals surface area contributed by atoms with Crippen molar-refractivity contribution in [3.8, 4) is 11.3 Å². The van der Waals surface area contributed by atoms with Gasteiger partial charge in [-0.2, -0.15) is 0 Å². The highest BCUT2D eigenvalue weighted by Crippen LogP contribution is 2.46. The number of hydrogen-bond acceptors (Lipinski definition) is 8. The van der Waals surface area contributed by atoms with E-state index in [-0.39, 0.29) is 41.3 Å². The van der Waals surface area contributed by atoms with Crippen molar-refractivity contribution in [2.45, 2.75) is 77.4 Å². The monoisotopic (exact) mass is 565 g/mol. The van der Waals surface area contributed by atoms with Crippen molar-refractivity contribution in [3.05, 3.63) is 54.2 Å². The second kappa shape index (κ2) is 12.1. The topological polar surface area (TPSA) is 132 Å². The van der Waals surface area contributed by atoms with Gasteiger partial charge in [-0.05, 0) is 44.1 Å². The summed E-state index contributed by atoms with van der Waals surface area (Å²) >= 11 is 0. The van der Waals surface area contributed by atoms with E-state index in [4.69, 9.17) is 9.31 Å². The van der Waals surface area contributed by atoms with Crippen molar-refractivity contribution in [1.82, 2.24) is 10.3 Å². The number of Topliss-reactive ketones (excluding diaryl/α,β-unsaturated/α-hetero) is 1. The number of carbonyl (C=O) groups is 4. The van der Waals surface area contributed by atoms with Crippen LogP contribution in [0.2, 0.25) is 5.82 Å². The van der Waals surface area contributed by atoms with Crippen LogP contribution >= 0.6 is 0 Å². The summed E-state index contributed by atoms with van der Waals surface area (Å²) in [5, 5.41) is 13.3. The zero-order valence-corrected chi connectivity index (χ0v) is 24.4. The molecule has 0 saturated carbocycles. The summed E-state index contributed by atoms with van der Waals surface area (Å²) in [6, 6.07) is 13.0. The van der Waals surface area contributed by atoms with Gasteiger partial charge in [0.15, 0.2) is 5.78 Å². The number of amides is 1. The van der Waals surface area contributed by atoms with E-state index in [1.54, 1.807) is 18.2 Å². The molecule has 1 aromatic carbocycles. The van der Waals surface area contributed by atoms with E-state index < -0.39 is 48.3 Å². The first kappa shape index (κ1) is 30.4. The average molecular weight is 565 g/mol. The fraction of sp³-hybridized carbons (Fsp3) is 0.500. The zero-order valence-electron chi connectivity index (χ0n) is 24.4. The zero-order chi connectivity index (χ0) is 29.9. The molecular formula is C30H40BN3O7. The predicted molar refractivity (Wildman–Crippen MR) is 153 cm³/mol. The number of aliphatic hydroxyl groups excluding tert-OH is 1. The lowest BCUT2D eigenvalue weighted by molar-refractivity contribution is -0.859. The van der Waals surface area contributed by atoms with Crippen molar-refractivity contribution >= 4 is 30.3 Å². The molecule has 10 nitrogen and oxygen atoms in total. The van der Waals surface area contributed by atoms with Gasteiger partial charge in [0.1, 0.15) is 11.7 Å². The van der Waals surface area contributed by atoms with Crippen LogP contribution in [-0.4, -0.2) is 76.6 Å². The van der Waals surface area contributed by atoms with Gasteiger partial charge in [0.25, 0.3) is 17.8 Å². The SMILES string of the molecule is CC(C)C[C@H](CC(=O)[C@@H](NC(=O)c1cccc(-c2ccccc2)n1)[C@@H](C)O)[B-]12OC(=O)CC[N+]1(C)[C@H](C)CC(=O)O2. The maximum Gasteiger partial charge on any atom is 0.586 e. The molecule has 1 aromatic heterocycles. The number of aliphatic hydroxyl groups is 1. The third-order valence-corrected chi connectivity index (χ3v) is 8.69. The van der Waals surface area contributed by atoms with Gasteiger partial charge in [0.05, 0.1) is 37.2 Å². The minimum Gasteiger partial charge on any atom is -0.604 e. The molecule has 2 fully saturated rings. The van der Waals surface area contributed by atoms with Crippen molar-refractivity contribution in [2.75, 3.05) is 13.6 Å². The predicted octanol–water partition coefficient (Wildman–Crippen LogP) is 3.27.